The van der Waals surface area contributed by atoms with Crippen LogP contribution in [0.15, 0.2) is 33.6 Å². The molecule has 8 heteroatoms. The number of hydrogen-bond donors (Lipinski definition) is 2. The number of nitrogens with one attached hydrogen (secondary N) is 1. The number of halogens is 1. The van der Waals surface area contributed by atoms with E-state index in [-0.39, 0.29) is 11.8 Å². The number of oxazole rings is 1. The highest BCUT2D eigenvalue weighted by Crippen LogP contribution is 2.22. The van der Waals surface area contributed by atoms with E-state index >= 15 is 0 Å². The molecule has 0 amide bonds. The topological polar surface area (TPSA) is 99.0 Å². The molecule has 0 saturated heterocycles. The molecule has 1 aromatic carbocycles. The van der Waals surface area contributed by atoms with Crippen LogP contribution < -0.4 is 16.8 Å². The SMILES string of the molecule is Cn1c(=O)oc2cc(Nc3nc(N)ncc3F)ccc21. The summed E-state index contributed by atoms with van der Waals surface area (Å²) >= 11 is 0. The van der Waals surface area contributed by atoms with Crippen LogP contribution in [0, 0.1) is 5.82 Å². The van der Waals surface area contributed by atoms with Crippen LogP contribution in [-0.4, -0.2) is 14.5 Å². The van der Waals surface area contributed by atoms with Crippen LogP contribution in [0.3, 0.4) is 0 Å². The molecule has 3 N–H and O–H groups in total. The average Bonchev–Trinajstić information content (AvgIpc) is 2.69. The molecule has 7 nitrogen and oxygen atoms in total. The van der Waals surface area contributed by atoms with Crippen LogP contribution in [0.25, 0.3) is 11.1 Å². The quantitative estimate of drug-likeness (QED) is 0.733. The molecule has 0 aliphatic rings. The number of nitrogen functional groups attached to an aromatic ring is 1. The third-order valence-electron chi connectivity index (χ3n) is 2.82. The highest BCUT2D eigenvalue weighted by molar-refractivity contribution is 5.78. The molecule has 3 aromatic rings. The second kappa shape index (κ2) is 4.34. The maximum absolute atomic E-state index is 13.5. The van der Waals surface area contributed by atoms with E-state index in [1.165, 1.54) is 4.57 Å². The lowest BCUT2D eigenvalue weighted by Crippen LogP contribution is -2.08. The number of fused-ring (bicyclic) bond motifs is 1. The fraction of sp³-hybridized carbons (Fsp3) is 0.0833. The van der Waals surface area contributed by atoms with Crippen molar-refractivity contribution in [1.29, 1.82) is 0 Å². The Morgan fingerprint density at radius 3 is 3.05 bits per heavy atom. The second-order valence-corrected chi connectivity index (χ2v) is 4.16. The Bertz CT molecular complexity index is 855. The Labute approximate surface area is 111 Å². The predicted molar refractivity (Wildman–Crippen MR) is 71.1 cm³/mol. The maximum Gasteiger partial charge on any atom is 0.419 e. The van der Waals surface area contributed by atoms with Gasteiger partial charge >= 0.3 is 5.76 Å². The molecule has 0 spiro atoms. The van der Waals surface area contributed by atoms with Crippen molar-refractivity contribution < 1.29 is 8.81 Å². The van der Waals surface area contributed by atoms with Gasteiger partial charge in [-0.3, -0.25) is 4.57 Å². The van der Waals surface area contributed by atoms with E-state index in [4.69, 9.17) is 10.2 Å². The molecule has 0 aliphatic heterocycles. The van der Waals surface area contributed by atoms with Crippen molar-refractivity contribution in [1.82, 2.24) is 14.5 Å². The first-order chi connectivity index (χ1) is 9.54. The summed E-state index contributed by atoms with van der Waals surface area (Å²) in [5.41, 5.74) is 6.96. The largest absolute Gasteiger partial charge is 0.419 e. The zero-order chi connectivity index (χ0) is 14.3. The summed E-state index contributed by atoms with van der Waals surface area (Å²) in [6, 6.07) is 4.94. The van der Waals surface area contributed by atoms with E-state index in [2.05, 4.69) is 15.3 Å². The van der Waals surface area contributed by atoms with Crippen LogP contribution in [0.5, 0.6) is 0 Å². The summed E-state index contributed by atoms with van der Waals surface area (Å²) in [5.74, 6) is -1.18. The van der Waals surface area contributed by atoms with Crippen molar-refractivity contribution >= 4 is 28.6 Å². The van der Waals surface area contributed by atoms with E-state index in [1.807, 2.05) is 0 Å². The zero-order valence-electron chi connectivity index (χ0n) is 10.4. The first-order valence-corrected chi connectivity index (χ1v) is 5.69. The molecule has 0 bridgehead atoms. The Kier molecular flexibility index (Phi) is 2.63. The van der Waals surface area contributed by atoms with Crippen LogP contribution in [0.1, 0.15) is 0 Å². The number of nitrogens with two attached hydrogens (primary N) is 1. The van der Waals surface area contributed by atoms with Gasteiger partial charge in [-0.2, -0.15) is 4.98 Å². The lowest BCUT2D eigenvalue weighted by Gasteiger charge is -2.06. The fourth-order valence-electron chi connectivity index (χ4n) is 1.82. The number of benzene rings is 1. The Morgan fingerprint density at radius 2 is 2.25 bits per heavy atom. The smallest absolute Gasteiger partial charge is 0.408 e. The average molecular weight is 275 g/mol. The molecule has 20 heavy (non-hydrogen) atoms. The first kappa shape index (κ1) is 12.2. The monoisotopic (exact) mass is 275 g/mol. The molecule has 0 fully saturated rings. The van der Waals surface area contributed by atoms with Crippen LogP contribution in [0.2, 0.25) is 0 Å². The maximum atomic E-state index is 13.5. The number of nitrogens with zero attached hydrogens (tertiary/aromatic N) is 3. The minimum absolute atomic E-state index is 0.0405. The van der Waals surface area contributed by atoms with Crippen molar-refractivity contribution in [3.8, 4) is 0 Å². The molecule has 2 aromatic heterocycles. The summed E-state index contributed by atoms with van der Waals surface area (Å²) < 4.78 is 19.9. The van der Waals surface area contributed by atoms with Gasteiger partial charge < -0.3 is 15.5 Å². The van der Waals surface area contributed by atoms with Gasteiger partial charge in [-0.1, -0.05) is 0 Å². The molecule has 0 unspecified atom stereocenters. The number of aryl methyl sites for hydroxylation is 1. The van der Waals surface area contributed by atoms with E-state index in [1.54, 1.807) is 25.2 Å². The van der Waals surface area contributed by atoms with Gasteiger partial charge in [-0.25, -0.2) is 14.2 Å². The van der Waals surface area contributed by atoms with E-state index in [0.29, 0.717) is 16.8 Å². The second-order valence-electron chi connectivity index (χ2n) is 4.16. The molecule has 0 saturated carbocycles. The number of hydrogen-bond acceptors (Lipinski definition) is 6. The van der Waals surface area contributed by atoms with Crippen molar-refractivity contribution in [3.05, 3.63) is 40.8 Å². The first-order valence-electron chi connectivity index (χ1n) is 5.69. The van der Waals surface area contributed by atoms with Gasteiger partial charge in [0, 0.05) is 18.8 Å². The summed E-state index contributed by atoms with van der Waals surface area (Å²) in [7, 11) is 1.60. The zero-order valence-corrected chi connectivity index (χ0v) is 10.4. The highest BCUT2D eigenvalue weighted by atomic mass is 19.1. The standard InChI is InChI=1S/C12H10FN5O2/c1-18-8-3-2-6(4-9(8)20-12(18)19)16-10-7(13)5-15-11(14)17-10/h2-5H,1H3,(H3,14,15,16,17). The molecular weight excluding hydrogens is 265 g/mol. The van der Waals surface area contributed by atoms with Gasteiger partial charge in [0.2, 0.25) is 5.95 Å². The van der Waals surface area contributed by atoms with E-state index < -0.39 is 11.6 Å². The van der Waals surface area contributed by atoms with Crippen LogP contribution in [0.4, 0.5) is 21.8 Å². The molecule has 0 aliphatic carbocycles. The van der Waals surface area contributed by atoms with Crippen molar-refractivity contribution in [2.75, 3.05) is 11.1 Å². The molecule has 2 heterocycles. The van der Waals surface area contributed by atoms with Gasteiger partial charge in [0.15, 0.2) is 17.2 Å². The van der Waals surface area contributed by atoms with Crippen LogP contribution >= 0.6 is 0 Å². The van der Waals surface area contributed by atoms with Crippen molar-refractivity contribution in [2.24, 2.45) is 7.05 Å². The summed E-state index contributed by atoms with van der Waals surface area (Å²) in [6.45, 7) is 0. The number of anilines is 3. The van der Waals surface area contributed by atoms with Crippen LogP contribution in [-0.2, 0) is 7.05 Å². The number of rotatable bonds is 2. The van der Waals surface area contributed by atoms with Crippen molar-refractivity contribution in [3.63, 3.8) is 0 Å². The Balaban J connectivity index is 2.02. The van der Waals surface area contributed by atoms with Gasteiger partial charge in [-0.15, -0.1) is 0 Å². The summed E-state index contributed by atoms with van der Waals surface area (Å²) in [5, 5.41) is 2.76. The summed E-state index contributed by atoms with van der Waals surface area (Å²) in [6.07, 6.45) is 0.978. The van der Waals surface area contributed by atoms with Crippen molar-refractivity contribution in [2.45, 2.75) is 0 Å². The minimum atomic E-state index is -0.631. The molecule has 0 atom stereocenters. The summed E-state index contributed by atoms with van der Waals surface area (Å²) in [4.78, 5) is 18.7. The molecule has 3 rings (SSSR count). The Hall–Kier alpha value is -2.90. The third kappa shape index (κ3) is 1.96. The minimum Gasteiger partial charge on any atom is -0.408 e. The molecular formula is C12H10FN5O2. The molecule has 0 radical (unpaired) electrons. The normalized spacial score (nSPS) is 10.9. The third-order valence-corrected chi connectivity index (χ3v) is 2.82. The Morgan fingerprint density at radius 1 is 1.45 bits per heavy atom. The van der Waals surface area contributed by atoms with Gasteiger partial charge in [0.05, 0.1) is 11.7 Å². The lowest BCUT2D eigenvalue weighted by molar-refractivity contribution is 0.528. The predicted octanol–water partition coefficient (Wildman–Crippen LogP) is 1.39. The molecule has 102 valence electrons. The van der Waals surface area contributed by atoms with Gasteiger partial charge in [0.25, 0.3) is 0 Å². The van der Waals surface area contributed by atoms with Gasteiger partial charge in [-0.05, 0) is 12.1 Å². The lowest BCUT2D eigenvalue weighted by atomic mass is 10.3. The van der Waals surface area contributed by atoms with Gasteiger partial charge in [0.1, 0.15) is 0 Å². The number of aromatic nitrogens is 3. The fourth-order valence-corrected chi connectivity index (χ4v) is 1.82. The van der Waals surface area contributed by atoms with E-state index in [0.717, 1.165) is 6.20 Å². The van der Waals surface area contributed by atoms with E-state index in [9.17, 15) is 9.18 Å². The highest BCUT2D eigenvalue weighted by Gasteiger charge is 2.09.